The van der Waals surface area contributed by atoms with Crippen LogP contribution in [0.25, 0.3) is 0 Å². The summed E-state index contributed by atoms with van der Waals surface area (Å²) in [5.41, 5.74) is 0. The third kappa shape index (κ3) is 2.63. The average Bonchev–Trinajstić information content (AvgIpc) is 2.62. The summed E-state index contributed by atoms with van der Waals surface area (Å²) in [6.45, 7) is 2.00. The Bertz CT molecular complexity index is 346. The standard InChI is InChI=1S/C9H11NO3S/c1-2-3-4-7(11)8-5-6-9(14-8)10(12)13/h5-6H,2-4H2,1H3. The molecule has 0 saturated carbocycles. The molecule has 0 atom stereocenters. The average molecular weight is 213 g/mol. The Kier molecular flexibility index (Phi) is 3.76. The number of ketones is 1. The molecule has 76 valence electrons. The number of hydrogen-bond donors (Lipinski definition) is 0. The number of hydrogen-bond acceptors (Lipinski definition) is 4. The summed E-state index contributed by atoms with van der Waals surface area (Å²) >= 11 is 0.951. The molecule has 0 bridgehead atoms. The predicted molar refractivity (Wildman–Crippen MR) is 54.8 cm³/mol. The number of unbranched alkanes of at least 4 members (excludes halogenated alkanes) is 1. The van der Waals surface area contributed by atoms with Crippen LogP contribution in [-0.2, 0) is 0 Å². The molecule has 0 fully saturated rings. The van der Waals surface area contributed by atoms with Crippen molar-refractivity contribution >= 4 is 22.1 Å². The summed E-state index contributed by atoms with van der Waals surface area (Å²) in [7, 11) is 0. The second-order valence-electron chi connectivity index (χ2n) is 2.92. The van der Waals surface area contributed by atoms with E-state index < -0.39 is 4.92 Å². The molecule has 0 spiro atoms. The van der Waals surface area contributed by atoms with Crippen LogP contribution in [0.2, 0.25) is 0 Å². The first-order valence-corrected chi connectivity index (χ1v) is 5.24. The maximum Gasteiger partial charge on any atom is 0.324 e. The number of nitrogens with zero attached hydrogens (tertiary/aromatic N) is 1. The fourth-order valence-corrected chi connectivity index (χ4v) is 1.82. The number of nitro groups is 1. The molecular formula is C9H11NO3S. The number of carbonyl (C=O) groups excluding carboxylic acids is 1. The van der Waals surface area contributed by atoms with Crippen molar-refractivity contribution in [2.45, 2.75) is 26.2 Å². The van der Waals surface area contributed by atoms with E-state index >= 15 is 0 Å². The van der Waals surface area contributed by atoms with Crippen LogP contribution in [-0.4, -0.2) is 10.7 Å². The van der Waals surface area contributed by atoms with Gasteiger partial charge in [-0.25, -0.2) is 0 Å². The lowest BCUT2D eigenvalue weighted by Crippen LogP contribution is -1.94. The summed E-state index contributed by atoms with van der Waals surface area (Å²) < 4.78 is 0. The molecule has 1 heterocycles. The number of thiophene rings is 1. The fourth-order valence-electron chi connectivity index (χ4n) is 1.04. The second kappa shape index (κ2) is 4.85. The van der Waals surface area contributed by atoms with Gasteiger partial charge in [0.15, 0.2) is 5.78 Å². The molecule has 1 aromatic rings. The topological polar surface area (TPSA) is 60.2 Å². The van der Waals surface area contributed by atoms with Gasteiger partial charge in [-0.3, -0.25) is 14.9 Å². The summed E-state index contributed by atoms with van der Waals surface area (Å²) in [5.74, 6) is 0.00458. The van der Waals surface area contributed by atoms with E-state index in [0.717, 1.165) is 24.2 Å². The third-order valence-corrected chi connectivity index (χ3v) is 2.88. The maximum atomic E-state index is 11.4. The van der Waals surface area contributed by atoms with Crippen LogP contribution in [0.5, 0.6) is 0 Å². The quantitative estimate of drug-likeness (QED) is 0.429. The first-order chi connectivity index (χ1) is 6.65. The van der Waals surface area contributed by atoms with E-state index in [1.54, 1.807) is 0 Å². The largest absolute Gasteiger partial charge is 0.324 e. The molecule has 0 aliphatic heterocycles. The highest BCUT2D eigenvalue weighted by molar-refractivity contribution is 7.17. The molecule has 4 nitrogen and oxygen atoms in total. The molecule has 5 heteroatoms. The zero-order valence-electron chi connectivity index (χ0n) is 7.86. The highest BCUT2D eigenvalue weighted by atomic mass is 32.1. The maximum absolute atomic E-state index is 11.4. The number of rotatable bonds is 5. The monoisotopic (exact) mass is 213 g/mol. The highest BCUT2D eigenvalue weighted by Gasteiger charge is 2.14. The predicted octanol–water partition coefficient (Wildman–Crippen LogP) is 3.03. The van der Waals surface area contributed by atoms with Crippen molar-refractivity contribution in [2.24, 2.45) is 0 Å². The normalized spacial score (nSPS) is 10.1. The van der Waals surface area contributed by atoms with E-state index in [4.69, 9.17) is 0 Å². The molecule has 0 unspecified atom stereocenters. The Morgan fingerprint density at radius 2 is 2.29 bits per heavy atom. The summed E-state index contributed by atoms with van der Waals surface area (Å²) in [6.07, 6.45) is 2.28. The SMILES string of the molecule is CCCCC(=O)c1ccc([N+](=O)[O-])s1. The van der Waals surface area contributed by atoms with Crippen LogP contribution in [0.15, 0.2) is 12.1 Å². The lowest BCUT2D eigenvalue weighted by Gasteiger charge is -1.93. The molecule has 0 aliphatic rings. The highest BCUT2D eigenvalue weighted by Crippen LogP contribution is 2.25. The van der Waals surface area contributed by atoms with Gasteiger partial charge in [0.05, 0.1) is 9.80 Å². The van der Waals surface area contributed by atoms with E-state index in [0.29, 0.717) is 11.3 Å². The minimum absolute atomic E-state index is 0.00458. The molecular weight excluding hydrogens is 202 g/mol. The first kappa shape index (κ1) is 10.8. The first-order valence-electron chi connectivity index (χ1n) is 4.42. The van der Waals surface area contributed by atoms with Gasteiger partial charge in [0.25, 0.3) is 0 Å². The zero-order valence-corrected chi connectivity index (χ0v) is 8.67. The third-order valence-electron chi connectivity index (χ3n) is 1.80. The van der Waals surface area contributed by atoms with Gasteiger partial charge in [-0.1, -0.05) is 24.7 Å². The smallest absolute Gasteiger partial charge is 0.293 e. The van der Waals surface area contributed by atoms with E-state index in [1.165, 1.54) is 12.1 Å². The Labute approximate surface area is 85.7 Å². The molecule has 1 aromatic heterocycles. The van der Waals surface area contributed by atoms with E-state index in [9.17, 15) is 14.9 Å². The molecule has 0 aliphatic carbocycles. The Morgan fingerprint density at radius 3 is 2.79 bits per heavy atom. The van der Waals surface area contributed by atoms with Gasteiger partial charge in [-0.15, -0.1) is 0 Å². The molecule has 0 radical (unpaired) electrons. The van der Waals surface area contributed by atoms with Crippen molar-refractivity contribution in [3.63, 3.8) is 0 Å². The number of carbonyl (C=O) groups is 1. The van der Waals surface area contributed by atoms with Gasteiger partial charge >= 0.3 is 5.00 Å². The Balaban J connectivity index is 2.66. The van der Waals surface area contributed by atoms with Gasteiger partial charge in [-0.05, 0) is 12.5 Å². The van der Waals surface area contributed by atoms with Crippen LogP contribution in [0, 0.1) is 10.1 Å². The lowest BCUT2D eigenvalue weighted by molar-refractivity contribution is -0.380. The van der Waals surface area contributed by atoms with Crippen LogP contribution in [0.1, 0.15) is 35.9 Å². The minimum atomic E-state index is -0.471. The van der Waals surface area contributed by atoms with Crippen LogP contribution >= 0.6 is 11.3 Å². The van der Waals surface area contributed by atoms with E-state index in [1.807, 2.05) is 6.92 Å². The van der Waals surface area contributed by atoms with Gasteiger partial charge in [-0.2, -0.15) is 0 Å². The van der Waals surface area contributed by atoms with E-state index in [2.05, 4.69) is 0 Å². The summed E-state index contributed by atoms with van der Waals surface area (Å²) in [6, 6.07) is 2.91. The van der Waals surface area contributed by atoms with Gasteiger partial charge < -0.3 is 0 Å². The number of Topliss-reactive ketones (excluding diaryl/α,β-unsaturated/α-hetero) is 1. The van der Waals surface area contributed by atoms with Gasteiger partial charge in [0, 0.05) is 12.5 Å². The summed E-state index contributed by atoms with van der Waals surface area (Å²) in [4.78, 5) is 21.8. The molecule has 0 aromatic carbocycles. The van der Waals surface area contributed by atoms with Gasteiger partial charge in [0.2, 0.25) is 0 Å². The van der Waals surface area contributed by atoms with Crippen LogP contribution in [0.3, 0.4) is 0 Å². The molecule has 1 rings (SSSR count). The fraction of sp³-hybridized carbons (Fsp3) is 0.444. The van der Waals surface area contributed by atoms with Crippen LogP contribution < -0.4 is 0 Å². The van der Waals surface area contributed by atoms with Gasteiger partial charge in [0.1, 0.15) is 0 Å². The molecule has 0 N–H and O–H groups in total. The Hall–Kier alpha value is -1.23. The van der Waals surface area contributed by atoms with Crippen molar-refractivity contribution in [1.82, 2.24) is 0 Å². The van der Waals surface area contributed by atoms with Crippen molar-refractivity contribution in [3.8, 4) is 0 Å². The van der Waals surface area contributed by atoms with Crippen molar-refractivity contribution < 1.29 is 9.72 Å². The molecule has 0 saturated heterocycles. The Morgan fingerprint density at radius 1 is 1.57 bits per heavy atom. The second-order valence-corrected chi connectivity index (χ2v) is 3.98. The lowest BCUT2D eigenvalue weighted by atomic mass is 10.2. The van der Waals surface area contributed by atoms with Crippen LogP contribution in [0.4, 0.5) is 5.00 Å². The van der Waals surface area contributed by atoms with Crippen molar-refractivity contribution in [3.05, 3.63) is 27.1 Å². The van der Waals surface area contributed by atoms with Crippen molar-refractivity contribution in [1.29, 1.82) is 0 Å². The minimum Gasteiger partial charge on any atom is -0.293 e. The van der Waals surface area contributed by atoms with E-state index in [-0.39, 0.29) is 10.8 Å². The molecule has 0 amide bonds. The zero-order chi connectivity index (χ0) is 10.6. The van der Waals surface area contributed by atoms with Crippen molar-refractivity contribution in [2.75, 3.05) is 0 Å². The molecule has 14 heavy (non-hydrogen) atoms. The summed E-state index contributed by atoms with van der Waals surface area (Å²) in [5, 5.41) is 10.4.